The molecule has 2 heteroatoms. The van der Waals surface area contributed by atoms with E-state index in [0.717, 1.165) is 5.57 Å². The maximum atomic E-state index is 10.7. The van der Waals surface area contributed by atoms with Crippen LogP contribution < -0.4 is 0 Å². The highest BCUT2D eigenvalue weighted by Gasteiger charge is 2.00. The topological polar surface area (TPSA) is 26.3 Å². The first-order valence-electron chi connectivity index (χ1n) is 3.00. The predicted octanol–water partition coefficient (Wildman–Crippen LogP) is 1.68. The van der Waals surface area contributed by atoms with Gasteiger partial charge in [0.05, 0.1) is 7.11 Å². The van der Waals surface area contributed by atoms with Crippen molar-refractivity contribution in [3.8, 4) is 0 Å². The zero-order chi connectivity index (χ0) is 8.15. The number of allylic oxidation sites excluding steroid dienone is 2. The highest BCUT2D eigenvalue weighted by Crippen LogP contribution is 2.00. The molecule has 2 nitrogen and oxygen atoms in total. The Balaban J connectivity index is 4.19. The lowest BCUT2D eigenvalue weighted by Crippen LogP contribution is -2.01. The average molecular weight is 140 g/mol. The summed E-state index contributed by atoms with van der Waals surface area (Å²) in [5.41, 5.74) is 1.43. The van der Waals surface area contributed by atoms with Crippen LogP contribution in [0.3, 0.4) is 0 Å². The van der Waals surface area contributed by atoms with Crippen LogP contribution in [0.1, 0.15) is 13.8 Å². The molecule has 0 aromatic rings. The molecular weight excluding hydrogens is 128 g/mol. The first-order chi connectivity index (χ1) is 4.57. The first kappa shape index (κ1) is 8.95. The van der Waals surface area contributed by atoms with Crippen molar-refractivity contribution in [1.82, 2.24) is 0 Å². The van der Waals surface area contributed by atoms with Crippen molar-refractivity contribution in [2.24, 2.45) is 0 Å². The van der Waals surface area contributed by atoms with E-state index in [2.05, 4.69) is 11.3 Å². The molecule has 10 heavy (non-hydrogen) atoms. The van der Waals surface area contributed by atoms with Gasteiger partial charge in [0, 0.05) is 5.57 Å². The minimum absolute atomic E-state index is 0.303. The van der Waals surface area contributed by atoms with E-state index < -0.39 is 0 Å². The number of rotatable bonds is 2. The number of carbonyl (C=O) groups is 1. The van der Waals surface area contributed by atoms with E-state index in [0.29, 0.717) is 5.57 Å². The van der Waals surface area contributed by atoms with Gasteiger partial charge in [0.1, 0.15) is 0 Å². The highest BCUT2D eigenvalue weighted by atomic mass is 16.5. The fourth-order valence-electron chi connectivity index (χ4n) is 0.590. The van der Waals surface area contributed by atoms with Crippen molar-refractivity contribution in [1.29, 1.82) is 0 Å². The Kier molecular flexibility index (Phi) is 3.47. The lowest BCUT2D eigenvalue weighted by molar-refractivity contribution is -0.136. The smallest absolute Gasteiger partial charge is 0.333 e. The summed E-state index contributed by atoms with van der Waals surface area (Å²) in [5, 5.41) is 0. The number of hydrogen-bond donors (Lipinski definition) is 0. The first-order valence-corrected chi connectivity index (χ1v) is 3.00. The second-order valence-corrected chi connectivity index (χ2v) is 2.17. The van der Waals surface area contributed by atoms with Gasteiger partial charge in [-0.1, -0.05) is 12.2 Å². The van der Waals surface area contributed by atoms with Crippen molar-refractivity contribution in [2.45, 2.75) is 13.8 Å². The van der Waals surface area contributed by atoms with Crippen LogP contribution in [0.25, 0.3) is 0 Å². The van der Waals surface area contributed by atoms with Crippen LogP contribution >= 0.6 is 0 Å². The molecule has 0 radical (unpaired) electrons. The van der Waals surface area contributed by atoms with Gasteiger partial charge in [-0.25, -0.2) is 4.79 Å². The zero-order valence-corrected chi connectivity index (χ0v) is 6.60. The molecule has 0 aromatic carbocycles. The van der Waals surface area contributed by atoms with Gasteiger partial charge >= 0.3 is 5.97 Å². The van der Waals surface area contributed by atoms with Crippen molar-refractivity contribution in [2.75, 3.05) is 7.11 Å². The Morgan fingerprint density at radius 1 is 1.50 bits per heavy atom. The third-order valence-corrected chi connectivity index (χ3v) is 0.970. The third-order valence-electron chi connectivity index (χ3n) is 0.970. The molecule has 0 amide bonds. The normalized spacial score (nSPS) is 10.9. The standard InChI is InChI=1S/C8H12O2/c1-6(2)5-7(3)8(9)10-4/h5H,1H2,2-4H3/b7-5-. The zero-order valence-electron chi connectivity index (χ0n) is 6.60. The second-order valence-electron chi connectivity index (χ2n) is 2.17. The minimum Gasteiger partial charge on any atom is -0.466 e. The van der Waals surface area contributed by atoms with Crippen LogP contribution in [-0.4, -0.2) is 13.1 Å². The molecular formula is C8H12O2. The van der Waals surface area contributed by atoms with Crippen molar-refractivity contribution >= 4 is 5.97 Å². The van der Waals surface area contributed by atoms with Gasteiger partial charge in [-0.3, -0.25) is 0 Å². The molecule has 0 saturated carbocycles. The Labute approximate surface area is 61.2 Å². The van der Waals surface area contributed by atoms with Crippen molar-refractivity contribution in [3.63, 3.8) is 0 Å². The summed E-state index contributed by atoms with van der Waals surface area (Å²) in [4.78, 5) is 10.7. The van der Waals surface area contributed by atoms with Crippen LogP contribution in [0.4, 0.5) is 0 Å². The van der Waals surface area contributed by atoms with E-state index in [1.54, 1.807) is 13.0 Å². The molecule has 0 rings (SSSR count). The summed E-state index contributed by atoms with van der Waals surface area (Å²) < 4.78 is 4.46. The lowest BCUT2D eigenvalue weighted by Gasteiger charge is -1.96. The van der Waals surface area contributed by atoms with Crippen LogP contribution in [0.2, 0.25) is 0 Å². The van der Waals surface area contributed by atoms with Crippen molar-refractivity contribution < 1.29 is 9.53 Å². The Morgan fingerprint density at radius 3 is 2.30 bits per heavy atom. The van der Waals surface area contributed by atoms with E-state index in [9.17, 15) is 4.79 Å². The molecule has 0 unspecified atom stereocenters. The monoisotopic (exact) mass is 140 g/mol. The molecule has 0 aliphatic carbocycles. The van der Waals surface area contributed by atoms with Gasteiger partial charge in [-0.2, -0.15) is 0 Å². The van der Waals surface area contributed by atoms with Gasteiger partial charge < -0.3 is 4.74 Å². The number of hydrogen-bond acceptors (Lipinski definition) is 2. The summed E-state index contributed by atoms with van der Waals surface area (Å²) in [6.45, 7) is 7.15. The fourth-order valence-corrected chi connectivity index (χ4v) is 0.590. The van der Waals surface area contributed by atoms with E-state index in [4.69, 9.17) is 0 Å². The van der Waals surface area contributed by atoms with Crippen LogP contribution in [0.15, 0.2) is 23.8 Å². The molecule has 0 N–H and O–H groups in total. The number of methoxy groups -OCH3 is 1. The largest absolute Gasteiger partial charge is 0.466 e. The summed E-state index contributed by atoms with van der Waals surface area (Å²) >= 11 is 0. The Hall–Kier alpha value is -1.05. The Morgan fingerprint density at radius 2 is 2.00 bits per heavy atom. The van der Waals surface area contributed by atoms with Gasteiger partial charge in [-0.05, 0) is 19.9 Å². The molecule has 0 aliphatic rings. The fraction of sp³-hybridized carbons (Fsp3) is 0.375. The molecule has 0 heterocycles. The summed E-state index contributed by atoms with van der Waals surface area (Å²) in [6.07, 6.45) is 1.69. The lowest BCUT2D eigenvalue weighted by atomic mass is 10.2. The van der Waals surface area contributed by atoms with Crippen LogP contribution in [-0.2, 0) is 9.53 Å². The SMILES string of the molecule is C=C(C)/C=C(/C)C(=O)OC. The molecule has 0 aromatic heterocycles. The van der Waals surface area contributed by atoms with Crippen molar-refractivity contribution in [3.05, 3.63) is 23.8 Å². The van der Waals surface area contributed by atoms with Crippen LogP contribution in [0, 0.1) is 0 Å². The molecule has 0 atom stereocenters. The summed E-state index contributed by atoms with van der Waals surface area (Å²) in [7, 11) is 1.36. The molecule has 56 valence electrons. The third kappa shape index (κ3) is 3.07. The van der Waals surface area contributed by atoms with E-state index in [1.807, 2.05) is 6.92 Å². The second kappa shape index (κ2) is 3.88. The Bertz CT molecular complexity index is 178. The highest BCUT2D eigenvalue weighted by molar-refractivity contribution is 5.88. The molecule has 0 bridgehead atoms. The maximum Gasteiger partial charge on any atom is 0.333 e. The molecule has 0 aliphatic heterocycles. The van der Waals surface area contributed by atoms with E-state index >= 15 is 0 Å². The summed E-state index contributed by atoms with van der Waals surface area (Å²) in [6, 6.07) is 0. The van der Waals surface area contributed by atoms with Gasteiger partial charge in [0.2, 0.25) is 0 Å². The summed E-state index contributed by atoms with van der Waals surface area (Å²) in [5.74, 6) is -0.303. The van der Waals surface area contributed by atoms with E-state index in [1.165, 1.54) is 7.11 Å². The molecule has 0 spiro atoms. The van der Waals surface area contributed by atoms with Gasteiger partial charge in [0.25, 0.3) is 0 Å². The average Bonchev–Trinajstić information content (AvgIpc) is 1.85. The predicted molar refractivity (Wildman–Crippen MR) is 40.6 cm³/mol. The molecule has 0 saturated heterocycles. The van der Waals surface area contributed by atoms with Gasteiger partial charge in [0.15, 0.2) is 0 Å². The minimum atomic E-state index is -0.303. The van der Waals surface area contributed by atoms with Crippen LogP contribution in [0.5, 0.6) is 0 Å². The quantitative estimate of drug-likeness (QED) is 0.331. The molecule has 0 fully saturated rings. The maximum absolute atomic E-state index is 10.7. The number of esters is 1. The number of ether oxygens (including phenoxy) is 1. The van der Waals surface area contributed by atoms with Gasteiger partial charge in [-0.15, -0.1) is 0 Å². The van der Waals surface area contributed by atoms with E-state index in [-0.39, 0.29) is 5.97 Å². The number of carbonyl (C=O) groups excluding carboxylic acids is 1.